The number of rotatable bonds is 10. The number of hydrogen-bond donors (Lipinski definition) is 1. The summed E-state index contributed by atoms with van der Waals surface area (Å²) in [6.45, 7) is 3.32. The lowest BCUT2D eigenvalue weighted by molar-refractivity contribution is -0.155. The quantitative estimate of drug-likeness (QED) is 0.275. The summed E-state index contributed by atoms with van der Waals surface area (Å²) in [5.74, 6) is -1.77. The number of nitrogens with zero attached hydrogens (tertiary/aromatic N) is 1. The minimum atomic E-state index is -0.769. The average Bonchev–Trinajstić information content (AvgIpc) is 3.50. The summed E-state index contributed by atoms with van der Waals surface area (Å²) in [5.41, 5.74) is 2.10. The van der Waals surface area contributed by atoms with Gasteiger partial charge in [-0.1, -0.05) is 80.6 Å². The topological polar surface area (TPSA) is 102 Å². The van der Waals surface area contributed by atoms with Crippen LogP contribution in [0.4, 0.5) is 0 Å². The molecule has 0 unspecified atom stereocenters. The molecule has 0 saturated carbocycles. The molecule has 10 heteroatoms. The number of amides is 2. The summed E-state index contributed by atoms with van der Waals surface area (Å²) >= 11 is 2.88. The van der Waals surface area contributed by atoms with Gasteiger partial charge in [-0.3, -0.25) is 19.3 Å². The van der Waals surface area contributed by atoms with E-state index in [9.17, 15) is 19.2 Å². The van der Waals surface area contributed by atoms with Crippen molar-refractivity contribution in [3.63, 3.8) is 0 Å². The molecule has 212 valence electrons. The van der Waals surface area contributed by atoms with E-state index in [-0.39, 0.29) is 30.5 Å². The molecule has 1 saturated heterocycles. The highest BCUT2D eigenvalue weighted by Gasteiger charge is 2.54. The molecular formula is C31H30N2O6S2. The molecule has 3 heterocycles. The van der Waals surface area contributed by atoms with Gasteiger partial charge < -0.3 is 14.8 Å². The fourth-order valence-electron chi connectivity index (χ4n) is 4.65. The number of β-lactam (4-membered cyclic amide) rings is 1. The summed E-state index contributed by atoms with van der Waals surface area (Å²) in [6.07, 6.45) is -0.543. The maximum absolute atomic E-state index is 13.9. The summed E-state index contributed by atoms with van der Waals surface area (Å²) in [6, 6.07) is 21.7. The first kappa shape index (κ1) is 28.6. The van der Waals surface area contributed by atoms with Crippen LogP contribution in [0.3, 0.4) is 0 Å². The Balaban J connectivity index is 1.41. The van der Waals surface area contributed by atoms with Crippen molar-refractivity contribution < 1.29 is 28.7 Å². The van der Waals surface area contributed by atoms with E-state index in [1.165, 1.54) is 28.0 Å². The fraction of sp³-hybridized carbons (Fsp3) is 0.290. The zero-order chi connectivity index (χ0) is 28.9. The molecule has 2 aliphatic heterocycles. The van der Waals surface area contributed by atoms with Gasteiger partial charge in [-0.25, -0.2) is 4.79 Å². The van der Waals surface area contributed by atoms with Crippen LogP contribution in [-0.2, 0) is 35.1 Å². The Labute approximate surface area is 246 Å². The molecule has 5 rings (SSSR count). The number of carbonyl (C=O) groups excluding carboxylic acids is 4. The number of fused-ring (bicyclic) bond motifs is 1. The number of esters is 2. The van der Waals surface area contributed by atoms with Crippen molar-refractivity contribution in [1.29, 1.82) is 0 Å². The lowest BCUT2D eigenvalue weighted by atomic mass is 10.0. The summed E-state index contributed by atoms with van der Waals surface area (Å²) in [7, 11) is 0. The molecule has 0 aliphatic carbocycles. The molecule has 2 atom stereocenters. The highest BCUT2D eigenvalue weighted by Crippen LogP contribution is 2.41. The predicted octanol–water partition coefficient (Wildman–Crippen LogP) is 4.48. The van der Waals surface area contributed by atoms with Crippen LogP contribution in [0.5, 0.6) is 0 Å². The Hall–Kier alpha value is -3.89. The fourth-order valence-corrected chi connectivity index (χ4v) is 6.68. The predicted molar refractivity (Wildman–Crippen MR) is 157 cm³/mol. The van der Waals surface area contributed by atoms with Gasteiger partial charge in [0.1, 0.15) is 23.7 Å². The van der Waals surface area contributed by atoms with Crippen LogP contribution < -0.4 is 5.32 Å². The number of hydrogen-bond acceptors (Lipinski definition) is 8. The third-order valence-corrected chi connectivity index (χ3v) is 8.98. The third kappa shape index (κ3) is 6.39. The van der Waals surface area contributed by atoms with Crippen LogP contribution in [-0.4, -0.2) is 52.4 Å². The SMILES string of the molecule is CC(C)C(=O)OCC1=C(C(=O)OC(c2ccccc2)c2ccccc2)N2C(=O)[C@@H](NC(=O)Cc3cccs3)[C@@H]2SC1. The number of thiophene rings is 1. The number of ether oxygens (including phenoxy) is 2. The zero-order valence-electron chi connectivity index (χ0n) is 22.6. The van der Waals surface area contributed by atoms with Gasteiger partial charge in [-0.2, -0.15) is 0 Å². The number of carbonyl (C=O) groups is 4. The lowest BCUT2D eigenvalue weighted by Crippen LogP contribution is -2.70. The summed E-state index contributed by atoms with van der Waals surface area (Å²) in [4.78, 5) is 54.5. The van der Waals surface area contributed by atoms with Crippen LogP contribution in [0, 0.1) is 5.92 Å². The second-order valence-corrected chi connectivity index (χ2v) is 12.2. The molecule has 1 aromatic heterocycles. The van der Waals surface area contributed by atoms with Crippen molar-refractivity contribution in [2.45, 2.75) is 37.8 Å². The van der Waals surface area contributed by atoms with Crippen molar-refractivity contribution in [1.82, 2.24) is 10.2 Å². The molecule has 1 fully saturated rings. The van der Waals surface area contributed by atoms with Crippen molar-refractivity contribution in [3.05, 3.63) is 105 Å². The van der Waals surface area contributed by atoms with Gasteiger partial charge in [0.15, 0.2) is 6.10 Å². The first-order chi connectivity index (χ1) is 19.8. The van der Waals surface area contributed by atoms with Gasteiger partial charge in [0, 0.05) is 16.2 Å². The molecule has 3 aromatic rings. The molecular weight excluding hydrogens is 560 g/mol. The van der Waals surface area contributed by atoms with E-state index in [4.69, 9.17) is 9.47 Å². The Morgan fingerprint density at radius 3 is 2.22 bits per heavy atom. The normalized spacial score (nSPS) is 18.1. The van der Waals surface area contributed by atoms with Crippen LogP contribution in [0.2, 0.25) is 0 Å². The van der Waals surface area contributed by atoms with Crippen LogP contribution >= 0.6 is 23.1 Å². The second kappa shape index (κ2) is 12.7. The van der Waals surface area contributed by atoms with E-state index in [1.54, 1.807) is 13.8 Å². The standard InChI is InChI=1S/C31H30N2O6S2/c1-19(2)30(36)38-17-22-18-41-29-25(32-24(34)16-23-14-9-15-40-23)28(35)33(29)26(22)31(37)39-27(20-10-5-3-6-11-20)21-12-7-4-8-13-21/h3-15,19,25,27,29H,16-18H2,1-2H3,(H,32,34)/t25-,29+/m1/s1. The first-order valence-electron chi connectivity index (χ1n) is 13.3. The van der Waals surface area contributed by atoms with Gasteiger partial charge in [0.05, 0.1) is 12.3 Å². The Kier molecular flexibility index (Phi) is 8.90. The van der Waals surface area contributed by atoms with E-state index < -0.39 is 35.4 Å². The van der Waals surface area contributed by atoms with Crippen molar-refractivity contribution in [2.24, 2.45) is 5.92 Å². The maximum Gasteiger partial charge on any atom is 0.356 e. The molecule has 0 spiro atoms. The Morgan fingerprint density at radius 1 is 0.976 bits per heavy atom. The molecule has 0 radical (unpaired) electrons. The molecule has 2 amide bonds. The number of benzene rings is 2. The first-order valence-corrected chi connectivity index (χ1v) is 15.2. The van der Waals surface area contributed by atoms with Gasteiger partial charge in [-0.15, -0.1) is 23.1 Å². The molecule has 8 nitrogen and oxygen atoms in total. The number of nitrogens with one attached hydrogen (secondary N) is 1. The summed E-state index contributed by atoms with van der Waals surface area (Å²) in [5, 5.41) is 4.25. The van der Waals surface area contributed by atoms with Crippen LogP contribution in [0.25, 0.3) is 0 Å². The largest absolute Gasteiger partial charge is 0.461 e. The zero-order valence-corrected chi connectivity index (χ0v) is 24.3. The van der Waals surface area contributed by atoms with Gasteiger partial charge >= 0.3 is 11.9 Å². The maximum atomic E-state index is 13.9. The van der Waals surface area contributed by atoms with E-state index in [1.807, 2.05) is 78.2 Å². The second-order valence-electron chi connectivity index (χ2n) is 10.0. The highest BCUT2D eigenvalue weighted by molar-refractivity contribution is 8.00. The number of thioether (sulfide) groups is 1. The van der Waals surface area contributed by atoms with E-state index in [0.29, 0.717) is 11.3 Å². The third-order valence-electron chi connectivity index (χ3n) is 6.76. The molecule has 2 aromatic carbocycles. The van der Waals surface area contributed by atoms with E-state index in [2.05, 4.69) is 5.32 Å². The van der Waals surface area contributed by atoms with E-state index >= 15 is 0 Å². The van der Waals surface area contributed by atoms with Gasteiger partial charge in [0.25, 0.3) is 5.91 Å². The van der Waals surface area contributed by atoms with Gasteiger partial charge in [-0.05, 0) is 22.6 Å². The monoisotopic (exact) mass is 590 g/mol. The molecule has 41 heavy (non-hydrogen) atoms. The smallest absolute Gasteiger partial charge is 0.356 e. The molecule has 2 aliphatic rings. The lowest BCUT2D eigenvalue weighted by Gasteiger charge is -2.49. The Bertz CT molecular complexity index is 1400. The van der Waals surface area contributed by atoms with Crippen LogP contribution in [0.1, 0.15) is 36.0 Å². The van der Waals surface area contributed by atoms with E-state index in [0.717, 1.165) is 16.0 Å². The summed E-state index contributed by atoms with van der Waals surface area (Å²) < 4.78 is 11.6. The van der Waals surface area contributed by atoms with Crippen molar-refractivity contribution >= 4 is 46.9 Å². The Morgan fingerprint density at radius 2 is 1.63 bits per heavy atom. The molecule has 0 bridgehead atoms. The van der Waals surface area contributed by atoms with Crippen LogP contribution in [0.15, 0.2) is 89.4 Å². The van der Waals surface area contributed by atoms with Crippen molar-refractivity contribution in [2.75, 3.05) is 12.4 Å². The average molecular weight is 591 g/mol. The highest BCUT2D eigenvalue weighted by atomic mass is 32.2. The van der Waals surface area contributed by atoms with Gasteiger partial charge in [0.2, 0.25) is 5.91 Å². The minimum absolute atomic E-state index is 0.0657. The molecule has 1 N–H and O–H groups in total. The van der Waals surface area contributed by atoms with Crippen molar-refractivity contribution in [3.8, 4) is 0 Å². The minimum Gasteiger partial charge on any atom is -0.461 e.